The minimum atomic E-state index is -4.23. The third kappa shape index (κ3) is 4.49. The van der Waals surface area contributed by atoms with Gasteiger partial charge in [-0.05, 0) is 80.5 Å². The zero-order valence-corrected chi connectivity index (χ0v) is 22.3. The average molecular weight is 523 g/mol. The molecule has 10 nitrogen and oxygen atoms in total. The molecule has 3 heterocycles. The van der Waals surface area contributed by atoms with Crippen LogP contribution in [0, 0.1) is 6.92 Å². The number of nitrogens with zero attached hydrogens (tertiary/aromatic N) is 4. The summed E-state index contributed by atoms with van der Waals surface area (Å²) in [5, 5.41) is 11.0. The van der Waals surface area contributed by atoms with Crippen LogP contribution in [0.2, 0.25) is 0 Å². The molecule has 0 atom stereocenters. The Morgan fingerprint density at radius 2 is 1.95 bits per heavy atom. The molecule has 0 radical (unpaired) electrons. The van der Waals surface area contributed by atoms with Crippen LogP contribution in [0.5, 0.6) is 0 Å². The van der Waals surface area contributed by atoms with E-state index in [9.17, 15) is 13.2 Å². The summed E-state index contributed by atoms with van der Waals surface area (Å²) in [6, 6.07) is 8.58. The molecule has 2 amide bonds. The second kappa shape index (κ2) is 9.00. The van der Waals surface area contributed by atoms with E-state index in [0.29, 0.717) is 11.4 Å². The first kappa shape index (κ1) is 25.0. The van der Waals surface area contributed by atoms with Gasteiger partial charge in [0.05, 0.1) is 16.9 Å². The van der Waals surface area contributed by atoms with E-state index >= 15 is 0 Å². The molecule has 1 aliphatic carbocycles. The molecule has 0 aliphatic heterocycles. The number of hydrogen-bond donors (Lipinski definition) is 2. The van der Waals surface area contributed by atoms with Gasteiger partial charge in [0.15, 0.2) is 5.03 Å². The first-order chi connectivity index (χ1) is 17.5. The number of ether oxygens (including phenoxy) is 1. The van der Waals surface area contributed by atoms with E-state index in [1.54, 1.807) is 17.8 Å². The van der Waals surface area contributed by atoms with Gasteiger partial charge in [-0.25, -0.2) is 14.0 Å². The molecule has 5 rings (SSSR count). The van der Waals surface area contributed by atoms with Crippen LogP contribution in [-0.4, -0.2) is 41.0 Å². The molecule has 0 bridgehead atoms. The molecule has 1 aliphatic rings. The number of aryl methyl sites for hydroxylation is 3. The number of amides is 2. The number of aromatic nitrogens is 4. The van der Waals surface area contributed by atoms with Crippen LogP contribution in [-0.2, 0) is 40.3 Å². The lowest BCUT2D eigenvalue weighted by Gasteiger charge is -2.22. The molecule has 194 valence electrons. The van der Waals surface area contributed by atoms with Crippen molar-refractivity contribution in [3.05, 3.63) is 65.1 Å². The molecular weight excluding hydrogens is 492 g/mol. The van der Waals surface area contributed by atoms with Crippen LogP contribution < -0.4 is 10.0 Å². The lowest BCUT2D eigenvalue weighted by Crippen LogP contribution is -2.35. The summed E-state index contributed by atoms with van der Waals surface area (Å²) in [6.07, 6.45) is 6.28. The van der Waals surface area contributed by atoms with Crippen LogP contribution in [0.4, 0.5) is 10.5 Å². The lowest BCUT2D eigenvalue weighted by molar-refractivity contribution is 0.0123. The molecule has 4 aromatic rings. The number of fused-ring (bicyclic) bond motifs is 2. The first-order valence-corrected chi connectivity index (χ1v) is 13.5. The number of rotatable bonds is 6. The van der Waals surface area contributed by atoms with E-state index in [0.717, 1.165) is 47.0 Å². The van der Waals surface area contributed by atoms with Crippen LogP contribution in [0.25, 0.3) is 16.6 Å². The van der Waals surface area contributed by atoms with Gasteiger partial charge in [0.25, 0.3) is 10.0 Å². The Kier molecular flexibility index (Phi) is 6.07. The molecular formula is C26H30N6O4S. The summed E-state index contributed by atoms with van der Waals surface area (Å²) in [4.78, 5) is 13.1. The van der Waals surface area contributed by atoms with Crippen molar-refractivity contribution in [1.29, 1.82) is 0 Å². The van der Waals surface area contributed by atoms with E-state index in [2.05, 4.69) is 26.3 Å². The van der Waals surface area contributed by atoms with Crippen molar-refractivity contribution in [2.45, 2.75) is 50.7 Å². The Hall–Kier alpha value is -3.70. The topological polar surface area (TPSA) is 120 Å². The van der Waals surface area contributed by atoms with Gasteiger partial charge in [-0.1, -0.05) is 6.07 Å². The molecule has 2 N–H and O–H groups in total. The second-order valence-electron chi connectivity index (χ2n) is 9.82. The van der Waals surface area contributed by atoms with Crippen molar-refractivity contribution in [2.75, 3.05) is 12.4 Å². The highest BCUT2D eigenvalue weighted by molar-refractivity contribution is 7.90. The smallest absolute Gasteiger partial charge is 0.333 e. The molecule has 0 saturated heterocycles. The highest BCUT2D eigenvalue weighted by Gasteiger charge is 2.30. The lowest BCUT2D eigenvalue weighted by atomic mass is 9.93. The van der Waals surface area contributed by atoms with Gasteiger partial charge in [0, 0.05) is 38.2 Å². The number of benzene rings is 1. The SMILES string of the molecule is COC(C)(C)c1cc(S(=O)(=O)NC(=O)Nc2c3c(cc(C)c2-c2ccn4nccc4c2)CCC3)nn1C. The fourth-order valence-corrected chi connectivity index (χ4v) is 5.93. The predicted octanol–water partition coefficient (Wildman–Crippen LogP) is 3.92. The Labute approximate surface area is 215 Å². The molecule has 0 fully saturated rings. The Bertz CT molecular complexity index is 1630. The molecule has 0 spiro atoms. The van der Waals surface area contributed by atoms with Crippen LogP contribution in [0.3, 0.4) is 0 Å². The Morgan fingerprint density at radius 3 is 2.70 bits per heavy atom. The van der Waals surface area contributed by atoms with Crippen molar-refractivity contribution in [3.8, 4) is 11.1 Å². The molecule has 0 saturated carbocycles. The third-order valence-electron chi connectivity index (χ3n) is 7.01. The van der Waals surface area contributed by atoms with Crippen molar-refractivity contribution in [2.24, 2.45) is 7.05 Å². The van der Waals surface area contributed by atoms with Crippen molar-refractivity contribution in [3.63, 3.8) is 0 Å². The Morgan fingerprint density at radius 1 is 1.16 bits per heavy atom. The molecule has 1 aromatic carbocycles. The van der Waals surface area contributed by atoms with Gasteiger partial charge in [0.2, 0.25) is 0 Å². The highest BCUT2D eigenvalue weighted by Crippen LogP contribution is 2.40. The summed E-state index contributed by atoms with van der Waals surface area (Å²) < 4.78 is 37.0. The summed E-state index contributed by atoms with van der Waals surface area (Å²) in [5.74, 6) is 0. The molecule has 11 heteroatoms. The van der Waals surface area contributed by atoms with Crippen molar-refractivity contribution < 1.29 is 17.9 Å². The van der Waals surface area contributed by atoms with E-state index in [4.69, 9.17) is 4.74 Å². The number of carbonyl (C=O) groups is 1. The van der Waals surface area contributed by atoms with Gasteiger partial charge < -0.3 is 10.1 Å². The summed E-state index contributed by atoms with van der Waals surface area (Å²) in [6.45, 7) is 5.62. The predicted molar refractivity (Wildman–Crippen MR) is 140 cm³/mol. The van der Waals surface area contributed by atoms with Gasteiger partial charge in [0.1, 0.15) is 5.60 Å². The van der Waals surface area contributed by atoms with E-state index in [1.165, 1.54) is 23.4 Å². The standard InChI is InChI=1S/C26H30N6O4S/c1-16-13-17-7-6-8-20(17)24(23(16)18-10-12-32-19(14-18)9-11-27-32)28-25(33)30-37(34,35)22-15-21(31(4)29-22)26(2,3)36-5/h9-15H,6-8H2,1-5H3,(H2,28,30,33). The van der Waals surface area contributed by atoms with Gasteiger partial charge in [-0.15, -0.1) is 0 Å². The van der Waals surface area contributed by atoms with Crippen LogP contribution >= 0.6 is 0 Å². The van der Waals surface area contributed by atoms with E-state index in [1.807, 2.05) is 45.2 Å². The minimum Gasteiger partial charge on any atom is -0.373 e. The fraction of sp³-hybridized carbons (Fsp3) is 0.346. The van der Waals surface area contributed by atoms with Gasteiger partial charge in [-0.3, -0.25) is 4.68 Å². The molecule has 0 unspecified atom stereocenters. The number of carbonyl (C=O) groups excluding carboxylic acids is 1. The number of nitrogens with one attached hydrogen (secondary N) is 2. The highest BCUT2D eigenvalue weighted by atomic mass is 32.2. The summed E-state index contributed by atoms with van der Waals surface area (Å²) >= 11 is 0. The normalized spacial score (nSPS) is 13.6. The summed E-state index contributed by atoms with van der Waals surface area (Å²) in [7, 11) is -1.06. The van der Waals surface area contributed by atoms with Crippen molar-refractivity contribution in [1.82, 2.24) is 24.1 Å². The fourth-order valence-electron chi connectivity index (χ4n) is 5.03. The number of urea groups is 1. The van der Waals surface area contributed by atoms with E-state index in [-0.39, 0.29) is 5.03 Å². The minimum absolute atomic E-state index is 0.258. The number of hydrogen-bond acceptors (Lipinski definition) is 6. The van der Waals surface area contributed by atoms with E-state index < -0.39 is 21.7 Å². The largest absolute Gasteiger partial charge is 0.373 e. The first-order valence-electron chi connectivity index (χ1n) is 12.0. The van der Waals surface area contributed by atoms with Crippen molar-refractivity contribution >= 4 is 27.3 Å². The van der Waals surface area contributed by atoms with Gasteiger partial charge in [-0.2, -0.15) is 18.6 Å². The number of anilines is 1. The maximum absolute atomic E-state index is 13.1. The summed E-state index contributed by atoms with van der Waals surface area (Å²) in [5.41, 5.74) is 6.32. The third-order valence-corrected chi connectivity index (χ3v) is 8.22. The van der Waals surface area contributed by atoms with Gasteiger partial charge >= 0.3 is 6.03 Å². The molecule has 37 heavy (non-hydrogen) atoms. The maximum atomic E-state index is 13.1. The Balaban J connectivity index is 1.49. The number of pyridine rings is 1. The second-order valence-corrected chi connectivity index (χ2v) is 11.4. The van der Waals surface area contributed by atoms with Crippen LogP contribution in [0.1, 0.15) is 42.7 Å². The number of sulfonamides is 1. The maximum Gasteiger partial charge on any atom is 0.333 e. The van der Waals surface area contributed by atoms with Crippen LogP contribution in [0.15, 0.2) is 47.8 Å². The monoisotopic (exact) mass is 522 g/mol. The molecule has 3 aromatic heterocycles. The zero-order valence-electron chi connectivity index (χ0n) is 21.5. The quantitative estimate of drug-likeness (QED) is 0.396. The zero-order chi connectivity index (χ0) is 26.5. The average Bonchev–Trinajstić information content (AvgIpc) is 3.57. The number of methoxy groups -OCH3 is 1.